The maximum absolute atomic E-state index is 6.69. The molecule has 1 heterocycles. The van der Waals surface area contributed by atoms with Crippen LogP contribution in [0.4, 0.5) is 0 Å². The summed E-state index contributed by atoms with van der Waals surface area (Å²) < 4.78 is 2.35. The lowest BCUT2D eigenvalue weighted by molar-refractivity contribution is 0.278. The maximum atomic E-state index is 6.69. The highest BCUT2D eigenvalue weighted by molar-refractivity contribution is 5.76. The van der Waals surface area contributed by atoms with E-state index >= 15 is 0 Å². The van der Waals surface area contributed by atoms with Gasteiger partial charge in [0.2, 0.25) is 0 Å². The normalized spacial score (nSPS) is 18.8. The number of nitrogens with two attached hydrogens (primary N) is 1. The first kappa shape index (κ1) is 12.7. The zero-order chi connectivity index (χ0) is 13.3. The van der Waals surface area contributed by atoms with Gasteiger partial charge in [0.15, 0.2) is 0 Å². The summed E-state index contributed by atoms with van der Waals surface area (Å²) in [6.45, 7) is 3.22. The van der Waals surface area contributed by atoms with Crippen LogP contribution in [0.25, 0.3) is 11.0 Å². The van der Waals surface area contributed by atoms with Crippen LogP contribution < -0.4 is 5.73 Å². The van der Waals surface area contributed by atoms with Gasteiger partial charge in [0, 0.05) is 6.54 Å². The fourth-order valence-corrected chi connectivity index (χ4v) is 3.31. The van der Waals surface area contributed by atoms with Gasteiger partial charge in [-0.3, -0.25) is 0 Å². The van der Waals surface area contributed by atoms with Crippen molar-refractivity contribution in [3.63, 3.8) is 0 Å². The average molecular weight is 257 g/mol. The summed E-state index contributed by atoms with van der Waals surface area (Å²) in [6.07, 6.45) is 7.02. The van der Waals surface area contributed by atoms with Crippen molar-refractivity contribution < 1.29 is 0 Å². The van der Waals surface area contributed by atoms with Crippen LogP contribution in [0.1, 0.15) is 51.3 Å². The molecule has 102 valence electrons. The van der Waals surface area contributed by atoms with Gasteiger partial charge in [-0.1, -0.05) is 38.3 Å². The molecular formula is C16H23N3. The van der Waals surface area contributed by atoms with Crippen LogP contribution in [0, 0.1) is 0 Å². The Bertz CT molecular complexity index is 564. The summed E-state index contributed by atoms with van der Waals surface area (Å²) in [5.41, 5.74) is 8.79. The minimum absolute atomic E-state index is 0.216. The van der Waals surface area contributed by atoms with Crippen LogP contribution >= 0.6 is 0 Å². The Labute approximate surface area is 114 Å². The molecule has 3 nitrogen and oxygen atoms in total. The maximum Gasteiger partial charge on any atom is 0.130 e. The van der Waals surface area contributed by atoms with Crippen molar-refractivity contribution in [1.82, 2.24) is 9.55 Å². The van der Waals surface area contributed by atoms with E-state index in [0.717, 1.165) is 37.1 Å². The largest absolute Gasteiger partial charge is 0.326 e. The average Bonchev–Trinajstić information content (AvgIpc) is 2.80. The number of hydrogen-bond donors (Lipinski definition) is 1. The van der Waals surface area contributed by atoms with Gasteiger partial charge in [0.25, 0.3) is 0 Å². The molecule has 3 rings (SSSR count). The fraction of sp³-hybridized carbons (Fsp3) is 0.562. The van der Waals surface area contributed by atoms with E-state index in [1.165, 1.54) is 24.8 Å². The second kappa shape index (κ2) is 4.97. The quantitative estimate of drug-likeness (QED) is 0.913. The Kier molecular flexibility index (Phi) is 3.31. The smallest absolute Gasteiger partial charge is 0.130 e. The summed E-state index contributed by atoms with van der Waals surface area (Å²) in [6, 6.07) is 8.40. The predicted octanol–water partition coefficient (Wildman–Crippen LogP) is 3.56. The molecule has 19 heavy (non-hydrogen) atoms. The van der Waals surface area contributed by atoms with E-state index in [1.807, 2.05) is 0 Å². The number of hydrogen-bond acceptors (Lipinski definition) is 2. The highest BCUT2D eigenvalue weighted by Crippen LogP contribution is 2.35. The van der Waals surface area contributed by atoms with Crippen molar-refractivity contribution >= 4 is 11.0 Å². The molecule has 0 unspecified atom stereocenters. The molecule has 0 atom stereocenters. The fourth-order valence-electron chi connectivity index (χ4n) is 3.31. The molecule has 1 fully saturated rings. The van der Waals surface area contributed by atoms with Crippen molar-refractivity contribution in [2.24, 2.45) is 5.73 Å². The van der Waals surface area contributed by atoms with E-state index in [0.29, 0.717) is 0 Å². The highest BCUT2D eigenvalue weighted by Gasteiger charge is 2.34. The summed E-state index contributed by atoms with van der Waals surface area (Å²) in [5, 5.41) is 0. The minimum atomic E-state index is -0.216. The second-order valence-corrected chi connectivity index (χ2v) is 5.79. The molecule has 0 spiro atoms. The lowest BCUT2D eigenvalue weighted by Gasteiger charge is -2.33. The van der Waals surface area contributed by atoms with Gasteiger partial charge in [0.05, 0.1) is 16.6 Å². The zero-order valence-corrected chi connectivity index (χ0v) is 11.7. The Hall–Kier alpha value is -1.35. The first-order chi connectivity index (χ1) is 9.24. The monoisotopic (exact) mass is 257 g/mol. The van der Waals surface area contributed by atoms with Crippen LogP contribution in [0.2, 0.25) is 0 Å². The number of rotatable bonds is 3. The van der Waals surface area contributed by atoms with Crippen LogP contribution in [-0.4, -0.2) is 9.55 Å². The Morgan fingerprint density at radius 1 is 1.21 bits per heavy atom. The topological polar surface area (TPSA) is 43.8 Å². The molecule has 0 amide bonds. The van der Waals surface area contributed by atoms with Gasteiger partial charge >= 0.3 is 0 Å². The molecule has 0 aliphatic heterocycles. The second-order valence-electron chi connectivity index (χ2n) is 5.79. The molecule has 1 aliphatic rings. The molecule has 1 saturated carbocycles. The van der Waals surface area contributed by atoms with Gasteiger partial charge in [0.1, 0.15) is 5.82 Å². The van der Waals surface area contributed by atoms with E-state index in [2.05, 4.69) is 35.8 Å². The van der Waals surface area contributed by atoms with Crippen molar-refractivity contribution in [3.05, 3.63) is 30.1 Å². The van der Waals surface area contributed by atoms with E-state index in [4.69, 9.17) is 10.7 Å². The number of aromatic nitrogens is 2. The summed E-state index contributed by atoms with van der Waals surface area (Å²) in [5.74, 6) is 1.11. The van der Waals surface area contributed by atoms with E-state index in [9.17, 15) is 0 Å². The minimum Gasteiger partial charge on any atom is -0.326 e. The Morgan fingerprint density at radius 2 is 1.95 bits per heavy atom. The third-order valence-electron chi connectivity index (χ3n) is 4.29. The number of benzene rings is 1. The lowest BCUT2D eigenvalue weighted by Crippen LogP contribution is -2.41. The van der Waals surface area contributed by atoms with E-state index < -0.39 is 0 Å². The molecule has 3 heteroatoms. The molecule has 1 aliphatic carbocycles. The third kappa shape index (κ3) is 2.16. The Morgan fingerprint density at radius 3 is 2.68 bits per heavy atom. The standard InChI is InChI=1S/C16H23N3/c1-2-12-19-14-9-5-4-8-13(14)18-15(19)16(17)10-6-3-7-11-16/h4-5,8-9H,2-3,6-7,10-12,17H2,1H3. The molecule has 2 aromatic rings. The highest BCUT2D eigenvalue weighted by atomic mass is 15.1. The van der Waals surface area contributed by atoms with Crippen LogP contribution in [0.3, 0.4) is 0 Å². The van der Waals surface area contributed by atoms with Gasteiger partial charge in [-0.15, -0.1) is 0 Å². The number of para-hydroxylation sites is 2. The number of imidazole rings is 1. The van der Waals surface area contributed by atoms with Crippen LogP contribution in [-0.2, 0) is 12.1 Å². The number of nitrogens with zero attached hydrogens (tertiary/aromatic N) is 2. The lowest BCUT2D eigenvalue weighted by atomic mass is 9.82. The Balaban J connectivity index is 2.13. The summed E-state index contributed by atoms with van der Waals surface area (Å²) in [4.78, 5) is 4.86. The predicted molar refractivity (Wildman–Crippen MR) is 79.0 cm³/mol. The van der Waals surface area contributed by atoms with Crippen molar-refractivity contribution in [2.75, 3.05) is 0 Å². The summed E-state index contributed by atoms with van der Waals surface area (Å²) >= 11 is 0. The van der Waals surface area contributed by atoms with E-state index in [-0.39, 0.29) is 5.54 Å². The SMILES string of the molecule is CCCn1c(C2(N)CCCCC2)nc2ccccc21. The summed E-state index contributed by atoms with van der Waals surface area (Å²) in [7, 11) is 0. The third-order valence-corrected chi connectivity index (χ3v) is 4.29. The first-order valence-corrected chi connectivity index (χ1v) is 7.49. The van der Waals surface area contributed by atoms with Crippen LogP contribution in [0.5, 0.6) is 0 Å². The zero-order valence-electron chi connectivity index (χ0n) is 11.7. The van der Waals surface area contributed by atoms with Gasteiger partial charge in [-0.05, 0) is 31.4 Å². The van der Waals surface area contributed by atoms with Crippen molar-refractivity contribution in [1.29, 1.82) is 0 Å². The molecule has 0 radical (unpaired) electrons. The molecular weight excluding hydrogens is 234 g/mol. The van der Waals surface area contributed by atoms with Gasteiger partial charge < -0.3 is 10.3 Å². The molecule has 2 N–H and O–H groups in total. The number of aryl methyl sites for hydroxylation is 1. The van der Waals surface area contributed by atoms with Crippen LogP contribution in [0.15, 0.2) is 24.3 Å². The van der Waals surface area contributed by atoms with Crippen molar-refractivity contribution in [3.8, 4) is 0 Å². The number of fused-ring (bicyclic) bond motifs is 1. The molecule has 0 bridgehead atoms. The van der Waals surface area contributed by atoms with Gasteiger partial charge in [-0.2, -0.15) is 0 Å². The van der Waals surface area contributed by atoms with Crippen molar-refractivity contribution in [2.45, 2.75) is 57.5 Å². The molecule has 0 saturated heterocycles. The molecule has 1 aromatic heterocycles. The first-order valence-electron chi connectivity index (χ1n) is 7.49. The van der Waals surface area contributed by atoms with E-state index in [1.54, 1.807) is 0 Å². The van der Waals surface area contributed by atoms with Gasteiger partial charge in [-0.25, -0.2) is 4.98 Å². The molecule has 1 aromatic carbocycles.